The van der Waals surface area contributed by atoms with E-state index in [9.17, 15) is 0 Å². The third kappa shape index (κ3) is 3.15. The number of nitrogen functional groups attached to an aromatic ring is 1. The second-order valence-electron chi connectivity index (χ2n) is 7.82. The van der Waals surface area contributed by atoms with Gasteiger partial charge in [0.15, 0.2) is 17.3 Å². The molecule has 2 aromatic rings. The number of likely N-dealkylation sites (N-methyl/N-ethyl adjacent to an activating group) is 1. The molecule has 0 radical (unpaired) electrons. The number of hydrogen-bond donors (Lipinski definition) is 2. The number of rotatable bonds is 7. The van der Waals surface area contributed by atoms with Gasteiger partial charge in [0.25, 0.3) is 0 Å². The molecule has 0 aromatic carbocycles. The molecule has 10 nitrogen and oxygen atoms in total. The highest BCUT2D eigenvalue weighted by Crippen LogP contribution is 2.47. The third-order valence-electron chi connectivity index (χ3n) is 5.45. The molecule has 2 aliphatic heterocycles. The molecular weight excluding hydrogens is 362 g/mol. The quantitative estimate of drug-likeness (QED) is 0.684. The van der Waals surface area contributed by atoms with Gasteiger partial charge in [-0.3, -0.25) is 4.57 Å². The Hall–Kier alpha value is -1.85. The van der Waals surface area contributed by atoms with Crippen LogP contribution >= 0.6 is 0 Å². The van der Waals surface area contributed by atoms with Crippen LogP contribution in [0.3, 0.4) is 0 Å². The number of fused-ring (bicyclic) bond motifs is 2. The average molecular weight is 391 g/mol. The van der Waals surface area contributed by atoms with E-state index in [1.807, 2.05) is 18.4 Å². The first-order valence-electron chi connectivity index (χ1n) is 9.76. The van der Waals surface area contributed by atoms with Gasteiger partial charge < -0.3 is 30.6 Å². The van der Waals surface area contributed by atoms with Crippen LogP contribution < -0.4 is 11.5 Å². The molecule has 4 rings (SSSR count). The molecule has 0 bridgehead atoms. The number of hydrogen-bond acceptors (Lipinski definition) is 9. The predicted octanol–water partition coefficient (Wildman–Crippen LogP) is 0.282. The van der Waals surface area contributed by atoms with E-state index in [1.54, 1.807) is 6.33 Å². The Morgan fingerprint density at radius 2 is 2.14 bits per heavy atom. The van der Waals surface area contributed by atoms with E-state index in [4.69, 9.17) is 25.7 Å². The Balaban J connectivity index is 1.68. The molecular formula is C18H29N7O3. The lowest BCUT2D eigenvalue weighted by molar-refractivity contribution is -0.205. The van der Waals surface area contributed by atoms with E-state index < -0.39 is 11.5 Å². The van der Waals surface area contributed by atoms with E-state index in [0.29, 0.717) is 30.1 Å². The van der Waals surface area contributed by atoms with Gasteiger partial charge in [0.1, 0.15) is 24.1 Å². The van der Waals surface area contributed by atoms with E-state index in [0.717, 1.165) is 26.1 Å². The van der Waals surface area contributed by atoms with Crippen LogP contribution in [0.5, 0.6) is 0 Å². The SMILES string of the molecule is CCN(CCCN)CC1OCC2(n3cnc4c(N)ncnc43)OC(C)(C)OC12. The highest BCUT2D eigenvalue weighted by molar-refractivity contribution is 5.81. The summed E-state index contributed by atoms with van der Waals surface area (Å²) in [5.41, 5.74) is 11.9. The maximum Gasteiger partial charge on any atom is 0.203 e. The minimum absolute atomic E-state index is 0.142. The second kappa shape index (κ2) is 7.20. The smallest absolute Gasteiger partial charge is 0.203 e. The highest BCUT2D eigenvalue weighted by Gasteiger charge is 2.63. The van der Waals surface area contributed by atoms with Crippen LogP contribution in [0.1, 0.15) is 27.2 Å². The number of ether oxygens (including phenoxy) is 3. The summed E-state index contributed by atoms with van der Waals surface area (Å²) in [4.78, 5) is 15.1. The second-order valence-corrected chi connectivity index (χ2v) is 7.82. The summed E-state index contributed by atoms with van der Waals surface area (Å²) in [5.74, 6) is -0.417. The van der Waals surface area contributed by atoms with Crippen molar-refractivity contribution in [2.45, 2.75) is 50.9 Å². The van der Waals surface area contributed by atoms with Gasteiger partial charge in [0, 0.05) is 6.54 Å². The molecule has 0 aliphatic carbocycles. The van der Waals surface area contributed by atoms with Crippen molar-refractivity contribution >= 4 is 17.0 Å². The van der Waals surface area contributed by atoms with Gasteiger partial charge in [0.2, 0.25) is 5.72 Å². The fraction of sp³-hybridized carbons (Fsp3) is 0.722. The molecule has 0 saturated carbocycles. The fourth-order valence-corrected chi connectivity index (χ4v) is 4.18. The molecule has 0 spiro atoms. The molecule has 2 aromatic heterocycles. The molecule has 0 amide bonds. The maximum atomic E-state index is 6.42. The van der Waals surface area contributed by atoms with Crippen molar-refractivity contribution in [3.05, 3.63) is 12.7 Å². The number of nitrogens with two attached hydrogens (primary N) is 2. The van der Waals surface area contributed by atoms with Crippen molar-refractivity contribution in [2.24, 2.45) is 5.73 Å². The normalized spacial score (nSPS) is 29.0. The average Bonchev–Trinajstić information content (AvgIpc) is 3.30. The van der Waals surface area contributed by atoms with Gasteiger partial charge in [-0.15, -0.1) is 0 Å². The van der Waals surface area contributed by atoms with E-state index in [1.165, 1.54) is 6.33 Å². The molecule has 28 heavy (non-hydrogen) atoms. The Morgan fingerprint density at radius 1 is 1.32 bits per heavy atom. The summed E-state index contributed by atoms with van der Waals surface area (Å²) in [7, 11) is 0. The van der Waals surface area contributed by atoms with Crippen molar-refractivity contribution in [1.82, 2.24) is 24.4 Å². The first-order chi connectivity index (χ1) is 13.4. The molecule has 3 atom stereocenters. The fourth-order valence-electron chi connectivity index (χ4n) is 4.18. The summed E-state index contributed by atoms with van der Waals surface area (Å²) in [6.07, 6.45) is 3.62. The molecule has 3 unspecified atom stereocenters. The molecule has 2 aliphatic rings. The minimum Gasteiger partial charge on any atom is -0.382 e. The van der Waals surface area contributed by atoms with Gasteiger partial charge in [-0.1, -0.05) is 6.92 Å². The van der Waals surface area contributed by atoms with Gasteiger partial charge in [-0.25, -0.2) is 15.0 Å². The first kappa shape index (κ1) is 19.5. The van der Waals surface area contributed by atoms with Crippen LogP contribution in [0.25, 0.3) is 11.2 Å². The summed E-state index contributed by atoms with van der Waals surface area (Å²) in [6, 6.07) is 0. The third-order valence-corrected chi connectivity index (χ3v) is 5.45. The lowest BCUT2D eigenvalue weighted by Crippen LogP contribution is -2.47. The molecule has 10 heteroatoms. The van der Waals surface area contributed by atoms with E-state index in [-0.39, 0.29) is 12.2 Å². The Labute approximate surface area is 164 Å². The molecule has 2 fully saturated rings. The predicted molar refractivity (Wildman–Crippen MR) is 103 cm³/mol. The summed E-state index contributed by atoms with van der Waals surface area (Å²) in [5, 5.41) is 0. The van der Waals surface area contributed by atoms with Crippen LogP contribution in [-0.2, 0) is 19.9 Å². The molecule has 4 N–H and O–H groups in total. The van der Waals surface area contributed by atoms with E-state index in [2.05, 4.69) is 26.8 Å². The maximum absolute atomic E-state index is 6.42. The van der Waals surface area contributed by atoms with Gasteiger partial charge in [-0.2, -0.15) is 0 Å². The minimum atomic E-state index is -0.850. The lowest BCUT2D eigenvalue weighted by atomic mass is 10.0. The van der Waals surface area contributed by atoms with Crippen molar-refractivity contribution in [1.29, 1.82) is 0 Å². The van der Waals surface area contributed by atoms with Crippen LogP contribution in [-0.4, -0.2) is 75.2 Å². The Morgan fingerprint density at radius 3 is 2.89 bits per heavy atom. The van der Waals surface area contributed by atoms with Crippen LogP contribution in [0.4, 0.5) is 5.82 Å². The zero-order valence-corrected chi connectivity index (χ0v) is 16.7. The van der Waals surface area contributed by atoms with Gasteiger partial charge in [0.05, 0.1) is 12.9 Å². The topological polar surface area (TPSA) is 127 Å². The largest absolute Gasteiger partial charge is 0.382 e. The first-order valence-corrected chi connectivity index (χ1v) is 9.76. The molecule has 154 valence electrons. The van der Waals surface area contributed by atoms with Crippen molar-refractivity contribution in [3.63, 3.8) is 0 Å². The zero-order chi connectivity index (χ0) is 19.9. The number of anilines is 1. The van der Waals surface area contributed by atoms with Crippen LogP contribution in [0.15, 0.2) is 12.7 Å². The van der Waals surface area contributed by atoms with Crippen LogP contribution in [0, 0.1) is 0 Å². The summed E-state index contributed by atoms with van der Waals surface area (Å²) >= 11 is 0. The zero-order valence-electron chi connectivity index (χ0n) is 16.7. The monoisotopic (exact) mass is 391 g/mol. The van der Waals surface area contributed by atoms with Gasteiger partial charge in [-0.05, 0) is 39.9 Å². The van der Waals surface area contributed by atoms with Gasteiger partial charge >= 0.3 is 0 Å². The number of aromatic nitrogens is 4. The Bertz CT molecular complexity index is 842. The highest BCUT2D eigenvalue weighted by atomic mass is 16.8. The van der Waals surface area contributed by atoms with Crippen molar-refractivity contribution in [3.8, 4) is 0 Å². The molecule has 4 heterocycles. The van der Waals surface area contributed by atoms with Crippen LogP contribution in [0.2, 0.25) is 0 Å². The van der Waals surface area contributed by atoms with Crippen molar-refractivity contribution in [2.75, 3.05) is 38.5 Å². The van der Waals surface area contributed by atoms with E-state index >= 15 is 0 Å². The summed E-state index contributed by atoms with van der Waals surface area (Å²) < 4.78 is 20.8. The Kier molecular flexibility index (Phi) is 5.00. The summed E-state index contributed by atoms with van der Waals surface area (Å²) in [6.45, 7) is 9.57. The standard InChI is InChI=1S/C18H29N7O3/c1-4-24(7-5-6-19)8-12-14-18(9-26-12,28-17(2,3)27-14)25-11-23-13-15(20)21-10-22-16(13)25/h10-12,14H,4-9,19H2,1-3H3,(H2,20,21,22). The lowest BCUT2D eigenvalue weighted by Gasteiger charge is -2.29. The number of nitrogens with zero attached hydrogens (tertiary/aromatic N) is 5. The number of imidazole rings is 1. The molecule has 2 saturated heterocycles. The van der Waals surface area contributed by atoms with Crippen molar-refractivity contribution < 1.29 is 14.2 Å².